The second-order valence-corrected chi connectivity index (χ2v) is 2.58. The molecule has 0 aromatic carbocycles. The molecular weight excluding hydrogens is 109 g/mol. The lowest BCUT2D eigenvalue weighted by molar-refractivity contribution is 0.589. The van der Waals surface area contributed by atoms with Crippen LogP contribution in [-0.4, -0.2) is 4.55 Å². The molecule has 1 atom stereocenters. The summed E-state index contributed by atoms with van der Waals surface area (Å²) in [6.07, 6.45) is 0. The van der Waals surface area contributed by atoms with E-state index >= 15 is 0 Å². The molecule has 0 aliphatic heterocycles. The average molecular weight is 111 g/mol. The fraction of sp³-hybridized carbons (Fsp3) is 0. The van der Waals surface area contributed by atoms with Gasteiger partial charge in [0.15, 0.2) is 0 Å². The van der Waals surface area contributed by atoms with Crippen LogP contribution in [-0.2, 0) is 15.5 Å². The normalized spacial score (nSPS) is 15.6. The van der Waals surface area contributed by atoms with Gasteiger partial charge in [0.2, 0.25) is 0 Å². The molecule has 0 aromatic rings. The maximum atomic E-state index is 9.38. The van der Waals surface area contributed by atoms with Crippen LogP contribution < -0.4 is 5.14 Å². The molecule has 0 fully saturated rings. The second kappa shape index (κ2) is 2.60. The van der Waals surface area contributed by atoms with Gasteiger partial charge in [-0.3, -0.25) is 0 Å². The third-order valence-corrected chi connectivity index (χ3v) is 0.661. The quantitative estimate of drug-likeness (QED) is 0.377. The lowest BCUT2D eigenvalue weighted by Gasteiger charge is -1.80. The summed E-state index contributed by atoms with van der Waals surface area (Å²) in [7, 11) is -2.16. The fourth-order valence-electron chi connectivity index (χ4n) is 0. The lowest BCUT2D eigenvalue weighted by Crippen LogP contribution is -2.00. The van der Waals surface area contributed by atoms with Gasteiger partial charge in [-0.15, -0.1) is 5.14 Å². The Balaban J connectivity index is 2.83. The van der Waals surface area contributed by atoms with Gasteiger partial charge in [0, 0.05) is 0 Å². The van der Waals surface area contributed by atoms with Crippen LogP contribution in [0.2, 0.25) is 0 Å². The van der Waals surface area contributed by atoms with Gasteiger partial charge in [0.05, 0.1) is 0 Å². The first kappa shape index (κ1) is 5.37. The predicted molar refractivity (Wildman–Crippen MR) is 19.9 cm³/mol. The van der Waals surface area contributed by atoms with Crippen molar-refractivity contribution < 1.29 is 9.12 Å². The Morgan fingerprint density at radius 2 is 2.20 bits per heavy atom. The molecular formula is H2NO2PS. The highest BCUT2D eigenvalue weighted by atomic mass is 32.8. The van der Waals surface area contributed by atoms with E-state index in [0.29, 0.717) is 0 Å². The molecule has 0 heterocycles. The molecule has 0 bridgehead atoms. The summed E-state index contributed by atoms with van der Waals surface area (Å²) >= 11 is 0. The Kier molecular flexibility index (Phi) is 2.79. The van der Waals surface area contributed by atoms with Gasteiger partial charge < -0.3 is 4.55 Å². The van der Waals surface area contributed by atoms with E-state index in [1.807, 2.05) is 0 Å². The van der Waals surface area contributed by atoms with Crippen molar-refractivity contribution in [2.75, 3.05) is 0 Å². The fourth-order valence-corrected chi connectivity index (χ4v) is 0. The van der Waals surface area contributed by atoms with E-state index in [9.17, 15) is 9.12 Å². The topological polar surface area (TPSA) is 66.2 Å². The first-order chi connectivity index (χ1) is 2.27. The molecule has 1 unspecified atom stereocenters. The van der Waals surface area contributed by atoms with E-state index in [4.69, 9.17) is 0 Å². The van der Waals surface area contributed by atoms with Crippen molar-refractivity contribution in [1.29, 1.82) is 0 Å². The molecule has 0 aliphatic rings. The first-order valence-electron chi connectivity index (χ1n) is 0.768. The molecule has 0 aromatic heterocycles. The van der Waals surface area contributed by atoms with Gasteiger partial charge >= 0.3 is 7.66 Å². The Morgan fingerprint density at radius 1 is 2.00 bits per heavy atom. The standard InChI is InChI=1S/H2NO2PS/c1-5(3)4-2/h1H2. The minimum Gasteiger partial charge on any atom is -0.589 e. The highest BCUT2D eigenvalue weighted by molar-refractivity contribution is 8.38. The van der Waals surface area contributed by atoms with Gasteiger partial charge in [-0.1, -0.05) is 0 Å². The lowest BCUT2D eigenvalue weighted by atomic mass is 14.0. The summed E-state index contributed by atoms with van der Waals surface area (Å²) in [5.41, 5.74) is 0. The molecule has 0 rings (SSSR count). The molecule has 0 aliphatic carbocycles. The van der Waals surface area contributed by atoms with Crippen LogP contribution in [0.15, 0.2) is 0 Å². The minimum atomic E-state index is -1.66. The molecule has 5 heavy (non-hydrogen) atoms. The molecule has 0 saturated heterocycles. The zero-order valence-corrected chi connectivity index (χ0v) is 3.96. The summed E-state index contributed by atoms with van der Waals surface area (Å²) in [4.78, 5) is 0. The van der Waals surface area contributed by atoms with E-state index in [1.165, 1.54) is 0 Å². The van der Waals surface area contributed by atoms with Gasteiger partial charge in [-0.2, -0.15) is 0 Å². The zero-order valence-electron chi connectivity index (χ0n) is 2.25. The molecule has 0 saturated carbocycles. The molecule has 30 valence electrons. The van der Waals surface area contributed by atoms with Gasteiger partial charge in [-0.25, -0.2) is 4.57 Å². The maximum Gasteiger partial charge on any atom is 0.448 e. The first-order valence-corrected chi connectivity index (χ1v) is 3.40. The van der Waals surface area contributed by atoms with Crippen LogP contribution in [0.5, 0.6) is 0 Å². The summed E-state index contributed by atoms with van der Waals surface area (Å²) in [6, 6.07) is 0. The summed E-state index contributed by atoms with van der Waals surface area (Å²) < 4.78 is 18.6. The van der Waals surface area contributed by atoms with Gasteiger partial charge in [0.25, 0.3) is 0 Å². The van der Waals surface area contributed by atoms with E-state index in [-0.39, 0.29) is 0 Å². The Hall–Kier alpha value is 0.370. The van der Waals surface area contributed by atoms with E-state index in [2.05, 4.69) is 5.14 Å². The highest BCUT2D eigenvalue weighted by Gasteiger charge is 1.88. The minimum absolute atomic E-state index is 0.503. The smallest absolute Gasteiger partial charge is 0.448 e. The summed E-state index contributed by atoms with van der Waals surface area (Å²) in [5, 5.41) is 4.44. The van der Waals surface area contributed by atoms with E-state index in [1.54, 1.807) is 0 Å². The van der Waals surface area contributed by atoms with Crippen molar-refractivity contribution >= 4 is 18.6 Å². The third kappa shape index (κ3) is 4.37. The van der Waals surface area contributed by atoms with Crippen LogP contribution >= 0.6 is 7.66 Å². The average Bonchev–Trinajstić information content (AvgIpc) is 1.38. The van der Waals surface area contributed by atoms with Crippen LogP contribution in [0.3, 0.4) is 0 Å². The molecule has 5 heteroatoms. The number of hydrogen-bond donors (Lipinski definition) is 1. The van der Waals surface area contributed by atoms with Crippen molar-refractivity contribution in [1.82, 2.24) is 0 Å². The van der Waals surface area contributed by atoms with Gasteiger partial charge in [-0.05, 0) is 0 Å². The largest absolute Gasteiger partial charge is 0.589 e. The van der Waals surface area contributed by atoms with Crippen LogP contribution in [0.1, 0.15) is 0 Å². The van der Waals surface area contributed by atoms with E-state index in [0.717, 1.165) is 0 Å². The summed E-state index contributed by atoms with van der Waals surface area (Å²) in [5.74, 6) is 0. The number of hydrogen-bond acceptors (Lipinski definition) is 3. The van der Waals surface area contributed by atoms with Crippen molar-refractivity contribution in [3.63, 3.8) is 0 Å². The van der Waals surface area contributed by atoms with Gasteiger partial charge in [0.1, 0.15) is 11.0 Å². The van der Waals surface area contributed by atoms with E-state index < -0.39 is 18.6 Å². The summed E-state index contributed by atoms with van der Waals surface area (Å²) in [6.45, 7) is 0. The van der Waals surface area contributed by atoms with Crippen LogP contribution in [0.25, 0.3) is 0 Å². The second-order valence-electron chi connectivity index (χ2n) is 0.351. The molecule has 0 amide bonds. The van der Waals surface area contributed by atoms with Crippen molar-refractivity contribution in [3.8, 4) is 0 Å². The maximum absolute atomic E-state index is 9.38. The van der Waals surface area contributed by atoms with Crippen LogP contribution in [0, 0.1) is 0 Å². The number of rotatable bonds is 1. The molecule has 0 spiro atoms. The monoisotopic (exact) mass is 111 g/mol. The molecule has 0 radical (unpaired) electrons. The molecule has 3 nitrogen and oxygen atoms in total. The Labute approximate surface area is 33.8 Å². The van der Waals surface area contributed by atoms with Crippen molar-refractivity contribution in [3.05, 3.63) is 0 Å². The van der Waals surface area contributed by atoms with Crippen molar-refractivity contribution in [2.24, 2.45) is 5.14 Å². The Bertz CT molecular complexity index is 36.6. The number of nitrogens with two attached hydrogens (primary N) is 1. The Morgan fingerprint density at radius 3 is 2.20 bits per heavy atom. The predicted octanol–water partition coefficient (Wildman–Crippen LogP) is -0.184. The third-order valence-electron chi connectivity index (χ3n) is 0.0735. The highest BCUT2D eigenvalue weighted by Crippen LogP contribution is 1.95. The zero-order chi connectivity index (χ0) is 4.28. The van der Waals surface area contributed by atoms with Crippen LogP contribution in [0.4, 0.5) is 0 Å². The SMILES string of the molecule is N[S+]([O-])P=O. The van der Waals surface area contributed by atoms with Crippen molar-refractivity contribution in [2.45, 2.75) is 0 Å². The molecule has 2 N–H and O–H groups in total.